The second-order valence-electron chi connectivity index (χ2n) is 5.16. The van der Waals surface area contributed by atoms with Gasteiger partial charge in [-0.15, -0.1) is 0 Å². The highest BCUT2D eigenvalue weighted by molar-refractivity contribution is 5.67. The largest absolute Gasteiger partial charge is 0.442 e. The summed E-state index contributed by atoms with van der Waals surface area (Å²) in [5, 5.41) is 10.6. The third-order valence-corrected chi connectivity index (χ3v) is 2.45. The van der Waals surface area contributed by atoms with E-state index in [1.165, 1.54) is 0 Å². The van der Waals surface area contributed by atoms with Crippen molar-refractivity contribution in [1.29, 1.82) is 0 Å². The van der Waals surface area contributed by atoms with Crippen LogP contribution >= 0.6 is 0 Å². The number of nitrogens with zero attached hydrogens (tertiary/aromatic N) is 1. The van der Waals surface area contributed by atoms with Gasteiger partial charge in [-0.25, -0.2) is 4.79 Å². The lowest BCUT2D eigenvalue weighted by Gasteiger charge is -2.28. The highest BCUT2D eigenvalue weighted by Gasteiger charge is 2.27. The number of ether oxygens (including phenoxy) is 1. The van der Waals surface area contributed by atoms with Gasteiger partial charge in [-0.1, -0.05) is 37.3 Å². The van der Waals surface area contributed by atoms with Gasteiger partial charge in [0.25, 0.3) is 0 Å². The van der Waals surface area contributed by atoms with Crippen LogP contribution in [0, 0.1) is 0 Å². The molecule has 18 heavy (non-hydrogen) atoms. The molecule has 1 aromatic carbocycles. The molecule has 0 spiro atoms. The van der Waals surface area contributed by atoms with Crippen LogP contribution in [0.25, 0.3) is 0 Å². The molecule has 0 aliphatic heterocycles. The third kappa shape index (κ3) is 4.04. The summed E-state index contributed by atoms with van der Waals surface area (Å²) >= 11 is 0. The van der Waals surface area contributed by atoms with E-state index in [4.69, 9.17) is 4.74 Å². The maximum Gasteiger partial charge on any atom is 0.434 e. The molecule has 1 rings (SSSR count). The van der Waals surface area contributed by atoms with Crippen LogP contribution in [-0.4, -0.2) is 22.0 Å². The lowest BCUT2D eigenvalue weighted by Crippen LogP contribution is -2.37. The van der Waals surface area contributed by atoms with Gasteiger partial charge in [-0.2, -0.15) is 5.06 Å². The van der Waals surface area contributed by atoms with Crippen molar-refractivity contribution in [3.8, 4) is 0 Å². The van der Waals surface area contributed by atoms with Crippen LogP contribution in [0.5, 0.6) is 0 Å². The van der Waals surface area contributed by atoms with Gasteiger partial charge in [0.05, 0.1) is 6.04 Å². The third-order valence-electron chi connectivity index (χ3n) is 2.45. The molecule has 0 bridgehead atoms. The molecule has 100 valence electrons. The molecule has 0 aliphatic carbocycles. The average Bonchev–Trinajstić information content (AvgIpc) is 2.29. The summed E-state index contributed by atoms with van der Waals surface area (Å²) < 4.78 is 5.14. The zero-order chi connectivity index (χ0) is 13.8. The van der Waals surface area contributed by atoms with Gasteiger partial charge in [-0.3, -0.25) is 5.21 Å². The molecule has 4 nitrogen and oxygen atoms in total. The minimum Gasteiger partial charge on any atom is -0.442 e. The van der Waals surface area contributed by atoms with Crippen molar-refractivity contribution in [2.45, 2.75) is 45.8 Å². The fourth-order valence-corrected chi connectivity index (χ4v) is 1.66. The Bertz CT molecular complexity index is 384. The summed E-state index contributed by atoms with van der Waals surface area (Å²) in [6.07, 6.45) is -0.113. The fraction of sp³-hybridized carbons (Fsp3) is 0.500. The Morgan fingerprint density at radius 2 is 1.89 bits per heavy atom. The van der Waals surface area contributed by atoms with Crippen molar-refractivity contribution >= 4 is 6.09 Å². The normalized spacial score (nSPS) is 12.9. The molecule has 0 radical (unpaired) electrons. The van der Waals surface area contributed by atoms with E-state index in [0.29, 0.717) is 11.5 Å². The molecule has 1 aromatic rings. The zero-order valence-corrected chi connectivity index (χ0v) is 11.4. The Morgan fingerprint density at radius 1 is 1.33 bits per heavy atom. The van der Waals surface area contributed by atoms with Gasteiger partial charge in [0.15, 0.2) is 0 Å². The second-order valence-corrected chi connectivity index (χ2v) is 5.16. The number of rotatable bonds is 3. The van der Waals surface area contributed by atoms with Crippen molar-refractivity contribution in [3.63, 3.8) is 0 Å². The highest BCUT2D eigenvalue weighted by Crippen LogP contribution is 2.24. The molecule has 0 heterocycles. The first-order valence-corrected chi connectivity index (χ1v) is 6.11. The molecule has 0 saturated heterocycles. The number of carbonyl (C=O) groups is 1. The van der Waals surface area contributed by atoms with Crippen molar-refractivity contribution in [3.05, 3.63) is 35.9 Å². The molecule has 0 saturated carbocycles. The number of hydrogen-bond acceptors (Lipinski definition) is 3. The molecule has 1 amide bonds. The van der Waals surface area contributed by atoms with E-state index in [9.17, 15) is 10.0 Å². The van der Waals surface area contributed by atoms with Gasteiger partial charge >= 0.3 is 6.09 Å². The first-order valence-electron chi connectivity index (χ1n) is 6.11. The van der Waals surface area contributed by atoms with E-state index < -0.39 is 11.7 Å². The quantitative estimate of drug-likeness (QED) is 0.657. The minimum atomic E-state index is -0.724. The number of amides is 1. The molecule has 1 unspecified atom stereocenters. The van der Waals surface area contributed by atoms with Crippen molar-refractivity contribution in [1.82, 2.24) is 5.06 Å². The average molecular weight is 251 g/mol. The smallest absolute Gasteiger partial charge is 0.434 e. The summed E-state index contributed by atoms with van der Waals surface area (Å²) in [6.45, 7) is 7.21. The van der Waals surface area contributed by atoms with Crippen LogP contribution in [-0.2, 0) is 4.74 Å². The predicted octanol–water partition coefficient (Wildman–Crippen LogP) is 3.76. The molecule has 0 aliphatic rings. The fourth-order valence-electron chi connectivity index (χ4n) is 1.66. The number of carbonyl (C=O) groups excluding carboxylic acids is 1. The topological polar surface area (TPSA) is 49.8 Å². The Morgan fingerprint density at radius 3 is 2.33 bits per heavy atom. The monoisotopic (exact) mass is 251 g/mol. The highest BCUT2D eigenvalue weighted by atomic mass is 16.6. The SMILES string of the molecule is CCC(c1ccccc1)N(O)C(=O)OC(C)(C)C. The molecule has 0 aromatic heterocycles. The summed E-state index contributed by atoms with van der Waals surface area (Å²) in [5.74, 6) is 0. The van der Waals surface area contributed by atoms with Gasteiger partial charge in [-0.05, 0) is 32.8 Å². The number of benzene rings is 1. The zero-order valence-electron chi connectivity index (χ0n) is 11.4. The van der Waals surface area contributed by atoms with Gasteiger partial charge in [0, 0.05) is 0 Å². The van der Waals surface area contributed by atoms with E-state index in [-0.39, 0.29) is 6.04 Å². The number of hydrogen-bond donors (Lipinski definition) is 1. The summed E-state index contributed by atoms with van der Waals surface area (Å²) in [6, 6.07) is 9.01. The maximum atomic E-state index is 11.8. The van der Waals surface area contributed by atoms with E-state index in [1.54, 1.807) is 20.8 Å². The lowest BCUT2D eigenvalue weighted by molar-refractivity contribution is -0.122. The maximum absolute atomic E-state index is 11.8. The van der Waals surface area contributed by atoms with Crippen LogP contribution in [0.3, 0.4) is 0 Å². The van der Waals surface area contributed by atoms with E-state index >= 15 is 0 Å². The lowest BCUT2D eigenvalue weighted by atomic mass is 10.0. The number of hydroxylamine groups is 2. The molecule has 0 fully saturated rings. The van der Waals surface area contributed by atoms with E-state index in [1.807, 2.05) is 37.3 Å². The standard InChI is InChI=1S/C14H21NO3/c1-5-12(11-9-7-6-8-10-11)15(17)13(16)18-14(2,3)4/h6-10,12,17H,5H2,1-4H3. The van der Waals surface area contributed by atoms with Crippen molar-refractivity contribution < 1.29 is 14.7 Å². The first kappa shape index (κ1) is 14.5. The van der Waals surface area contributed by atoms with Crippen molar-refractivity contribution in [2.24, 2.45) is 0 Å². The van der Waals surface area contributed by atoms with Gasteiger partial charge in [0.2, 0.25) is 0 Å². The molecular formula is C14H21NO3. The summed E-state index contributed by atoms with van der Waals surface area (Å²) in [4.78, 5) is 11.8. The van der Waals surface area contributed by atoms with Gasteiger partial charge < -0.3 is 4.74 Å². The minimum absolute atomic E-state index is 0.388. The first-order chi connectivity index (χ1) is 8.35. The van der Waals surface area contributed by atoms with Crippen LogP contribution < -0.4 is 0 Å². The van der Waals surface area contributed by atoms with Crippen LogP contribution in [0.4, 0.5) is 4.79 Å². The molecule has 1 atom stereocenters. The van der Waals surface area contributed by atoms with Crippen LogP contribution in [0.2, 0.25) is 0 Å². The molecular weight excluding hydrogens is 230 g/mol. The summed E-state index contributed by atoms with van der Waals surface area (Å²) in [7, 11) is 0. The Labute approximate surface area is 108 Å². The van der Waals surface area contributed by atoms with Gasteiger partial charge in [0.1, 0.15) is 5.60 Å². The Kier molecular flexibility index (Phi) is 4.73. The van der Waals surface area contributed by atoms with E-state index in [0.717, 1.165) is 5.56 Å². The molecule has 1 N–H and O–H groups in total. The van der Waals surface area contributed by atoms with Crippen molar-refractivity contribution in [2.75, 3.05) is 0 Å². The molecule has 4 heteroatoms. The van der Waals surface area contributed by atoms with Crippen LogP contribution in [0.15, 0.2) is 30.3 Å². The Hall–Kier alpha value is -1.55. The Balaban J connectivity index is 2.80. The predicted molar refractivity (Wildman–Crippen MR) is 69.3 cm³/mol. The second kappa shape index (κ2) is 5.87. The van der Waals surface area contributed by atoms with Crippen LogP contribution in [0.1, 0.15) is 45.7 Å². The summed E-state index contributed by atoms with van der Waals surface area (Å²) in [5.41, 5.74) is 0.265. The van der Waals surface area contributed by atoms with E-state index in [2.05, 4.69) is 0 Å².